The van der Waals surface area contributed by atoms with Crippen LogP contribution in [0.5, 0.6) is 0 Å². The lowest BCUT2D eigenvalue weighted by atomic mass is 9.63. The molecule has 0 saturated carbocycles. The van der Waals surface area contributed by atoms with E-state index < -0.39 is 0 Å². The van der Waals surface area contributed by atoms with Gasteiger partial charge in [-0.3, -0.25) is 0 Å². The molecule has 5 rings (SSSR count). The summed E-state index contributed by atoms with van der Waals surface area (Å²) in [6, 6.07) is 20.7. The van der Waals surface area contributed by atoms with Crippen LogP contribution in [0.3, 0.4) is 0 Å². The zero-order valence-electron chi connectivity index (χ0n) is 24.7. The second-order valence-electron chi connectivity index (χ2n) is 13.3. The van der Waals surface area contributed by atoms with Crippen LogP contribution in [0.25, 0.3) is 28.1 Å². The van der Waals surface area contributed by atoms with E-state index in [4.69, 9.17) is 0 Å². The molecule has 0 aliphatic heterocycles. The third kappa shape index (κ3) is 3.95. The molecule has 1 heterocycles. The molecule has 0 saturated heterocycles. The summed E-state index contributed by atoms with van der Waals surface area (Å²) in [6.45, 7) is 21.4. The van der Waals surface area contributed by atoms with Gasteiger partial charge in [-0.25, -0.2) is 4.57 Å². The van der Waals surface area contributed by atoms with Gasteiger partial charge in [-0.2, -0.15) is 4.57 Å². The molecular formula is C35H45N2+. The Balaban J connectivity index is 2.09. The standard InChI is InChI=1S/C35H45N2/c1-22(2)25-16-13-17-26(23(3)4)31(25)37-32-29(36(10)33(37)27-15-12-11-14-24(27)5)19-18-28-30(32)35(8,9)21-20-34(28,6)7/h11-19,22-23H,20-21H2,1-10H3/q+1. The molecule has 0 spiro atoms. The molecule has 1 aliphatic rings. The first-order valence-electron chi connectivity index (χ1n) is 14.1. The molecule has 2 heteroatoms. The van der Waals surface area contributed by atoms with Crippen LogP contribution in [-0.2, 0) is 17.9 Å². The second-order valence-corrected chi connectivity index (χ2v) is 13.3. The van der Waals surface area contributed by atoms with Gasteiger partial charge >= 0.3 is 0 Å². The topological polar surface area (TPSA) is 8.81 Å². The van der Waals surface area contributed by atoms with Crippen LogP contribution in [-0.4, -0.2) is 4.57 Å². The number of hydrogen-bond donors (Lipinski definition) is 0. The number of rotatable bonds is 4. The average molecular weight is 494 g/mol. The number of benzene rings is 3. The van der Waals surface area contributed by atoms with Gasteiger partial charge in [0.05, 0.1) is 12.6 Å². The quantitative estimate of drug-likeness (QED) is 0.251. The Labute approximate surface area is 224 Å². The first kappa shape index (κ1) is 25.8. The van der Waals surface area contributed by atoms with Gasteiger partial charge < -0.3 is 0 Å². The molecule has 0 unspecified atom stereocenters. The number of aromatic nitrogens is 2. The molecule has 1 aromatic heterocycles. The molecule has 4 aromatic rings. The third-order valence-electron chi connectivity index (χ3n) is 9.00. The Morgan fingerprint density at radius 3 is 1.95 bits per heavy atom. The maximum atomic E-state index is 2.67. The number of fused-ring (bicyclic) bond motifs is 3. The molecule has 0 radical (unpaired) electrons. The van der Waals surface area contributed by atoms with E-state index in [2.05, 4.69) is 133 Å². The summed E-state index contributed by atoms with van der Waals surface area (Å²) >= 11 is 0. The van der Waals surface area contributed by atoms with Crippen molar-refractivity contribution in [2.45, 2.75) is 97.8 Å². The fourth-order valence-corrected chi connectivity index (χ4v) is 6.69. The van der Waals surface area contributed by atoms with Gasteiger partial charge in [-0.15, -0.1) is 0 Å². The van der Waals surface area contributed by atoms with Crippen molar-refractivity contribution in [2.75, 3.05) is 0 Å². The van der Waals surface area contributed by atoms with E-state index >= 15 is 0 Å². The Morgan fingerprint density at radius 2 is 1.35 bits per heavy atom. The van der Waals surface area contributed by atoms with Crippen molar-refractivity contribution < 1.29 is 4.57 Å². The van der Waals surface area contributed by atoms with E-state index in [0.717, 1.165) is 0 Å². The Morgan fingerprint density at radius 1 is 0.757 bits per heavy atom. The first-order valence-corrected chi connectivity index (χ1v) is 14.1. The van der Waals surface area contributed by atoms with Crippen LogP contribution in [0, 0.1) is 6.92 Å². The van der Waals surface area contributed by atoms with Crippen LogP contribution in [0.15, 0.2) is 54.6 Å². The lowest BCUT2D eigenvalue weighted by Gasteiger charge is -2.41. The second kappa shape index (κ2) is 8.86. The molecule has 0 amide bonds. The predicted molar refractivity (Wildman–Crippen MR) is 158 cm³/mol. The number of para-hydroxylation sites is 1. The number of nitrogens with zero attached hydrogens (tertiary/aromatic N) is 2. The fourth-order valence-electron chi connectivity index (χ4n) is 6.69. The van der Waals surface area contributed by atoms with Crippen LogP contribution in [0.2, 0.25) is 0 Å². The summed E-state index contributed by atoms with van der Waals surface area (Å²) in [6.07, 6.45) is 2.42. The molecule has 0 N–H and O–H groups in total. The minimum Gasteiger partial charge on any atom is -0.225 e. The van der Waals surface area contributed by atoms with Gasteiger partial charge in [-0.05, 0) is 65.7 Å². The minimum absolute atomic E-state index is 0.0985. The summed E-state index contributed by atoms with van der Waals surface area (Å²) in [4.78, 5) is 0. The highest BCUT2D eigenvalue weighted by atomic mass is 15.2. The normalized spacial score (nSPS) is 16.5. The zero-order chi connectivity index (χ0) is 26.9. The van der Waals surface area contributed by atoms with E-state index in [1.807, 2.05) is 0 Å². The fraction of sp³-hybridized carbons (Fsp3) is 0.457. The lowest BCUT2D eigenvalue weighted by Crippen LogP contribution is -2.41. The summed E-state index contributed by atoms with van der Waals surface area (Å²) in [5.74, 6) is 2.12. The summed E-state index contributed by atoms with van der Waals surface area (Å²) in [5, 5.41) is 0. The number of hydrogen-bond acceptors (Lipinski definition) is 0. The van der Waals surface area contributed by atoms with Crippen molar-refractivity contribution in [1.29, 1.82) is 0 Å². The molecule has 0 fully saturated rings. The van der Waals surface area contributed by atoms with E-state index in [-0.39, 0.29) is 10.8 Å². The summed E-state index contributed by atoms with van der Waals surface area (Å²) in [7, 11) is 2.26. The molecular weight excluding hydrogens is 448 g/mol. The highest BCUT2D eigenvalue weighted by Gasteiger charge is 2.43. The van der Waals surface area contributed by atoms with Gasteiger partial charge in [0, 0.05) is 16.7 Å². The molecule has 0 atom stereocenters. The van der Waals surface area contributed by atoms with Crippen LogP contribution >= 0.6 is 0 Å². The minimum atomic E-state index is 0.0985. The summed E-state index contributed by atoms with van der Waals surface area (Å²) in [5.41, 5.74) is 12.8. The van der Waals surface area contributed by atoms with Crippen molar-refractivity contribution in [3.8, 4) is 17.1 Å². The Bertz CT molecular complexity index is 1470. The van der Waals surface area contributed by atoms with Crippen molar-refractivity contribution in [2.24, 2.45) is 7.05 Å². The largest absolute Gasteiger partial charge is 0.295 e. The smallest absolute Gasteiger partial charge is 0.225 e. The van der Waals surface area contributed by atoms with Crippen molar-refractivity contribution >= 4 is 11.0 Å². The monoisotopic (exact) mass is 493 g/mol. The van der Waals surface area contributed by atoms with Gasteiger partial charge in [-0.1, -0.05) is 97.9 Å². The van der Waals surface area contributed by atoms with Gasteiger partial charge in [0.1, 0.15) is 5.69 Å². The SMILES string of the molecule is Cc1ccccc1-c1n(C)c2ccc3c(c2[n+]1-c1c(C(C)C)cccc1C(C)C)C(C)(C)CCC3(C)C. The van der Waals surface area contributed by atoms with Crippen molar-refractivity contribution in [1.82, 2.24) is 4.57 Å². The van der Waals surface area contributed by atoms with Gasteiger partial charge in [0.15, 0.2) is 11.0 Å². The van der Waals surface area contributed by atoms with Crippen LogP contribution in [0.4, 0.5) is 0 Å². The molecule has 194 valence electrons. The van der Waals surface area contributed by atoms with Gasteiger partial charge in [0.2, 0.25) is 0 Å². The lowest BCUT2D eigenvalue weighted by molar-refractivity contribution is -0.557. The zero-order valence-corrected chi connectivity index (χ0v) is 24.7. The van der Waals surface area contributed by atoms with E-state index in [9.17, 15) is 0 Å². The number of imidazole rings is 1. The maximum absolute atomic E-state index is 2.67. The maximum Gasteiger partial charge on any atom is 0.295 e. The first-order chi connectivity index (χ1) is 17.4. The van der Waals surface area contributed by atoms with E-state index in [1.54, 1.807) is 0 Å². The van der Waals surface area contributed by atoms with Gasteiger partial charge in [0.25, 0.3) is 5.82 Å². The molecule has 37 heavy (non-hydrogen) atoms. The highest BCUT2D eigenvalue weighted by molar-refractivity contribution is 5.84. The van der Waals surface area contributed by atoms with E-state index in [1.165, 1.54) is 68.8 Å². The average Bonchev–Trinajstić information content (AvgIpc) is 3.13. The van der Waals surface area contributed by atoms with Crippen molar-refractivity contribution in [3.63, 3.8) is 0 Å². The third-order valence-corrected chi connectivity index (χ3v) is 9.00. The summed E-state index contributed by atoms with van der Waals surface area (Å²) < 4.78 is 5.13. The molecule has 1 aliphatic carbocycles. The van der Waals surface area contributed by atoms with Crippen molar-refractivity contribution in [3.05, 3.63) is 82.4 Å². The molecule has 0 bridgehead atoms. The van der Waals surface area contributed by atoms with Crippen LogP contribution in [0.1, 0.15) is 108 Å². The Kier molecular flexibility index (Phi) is 6.17. The van der Waals surface area contributed by atoms with Crippen LogP contribution < -0.4 is 4.57 Å². The molecule has 2 nitrogen and oxygen atoms in total. The van der Waals surface area contributed by atoms with E-state index in [0.29, 0.717) is 11.8 Å². The highest BCUT2D eigenvalue weighted by Crippen LogP contribution is 2.49. The predicted octanol–water partition coefficient (Wildman–Crippen LogP) is 9.03. The Hall–Kier alpha value is -2.87. The molecule has 3 aromatic carbocycles. The number of aryl methyl sites for hydroxylation is 2.